The fraction of sp³-hybridized carbons (Fsp3) is 0.522. The van der Waals surface area contributed by atoms with Crippen molar-refractivity contribution in [3.8, 4) is 5.75 Å². The predicted octanol–water partition coefficient (Wildman–Crippen LogP) is 1.95. The Balaban J connectivity index is 1.53. The van der Waals surface area contributed by atoms with Gasteiger partial charge in [-0.3, -0.25) is 29.3 Å². The molecule has 13 heteroatoms. The molecule has 0 saturated carbocycles. The normalized spacial score (nSPS) is 17.2. The number of nitro benzene ring substituents is 1. The summed E-state index contributed by atoms with van der Waals surface area (Å²) in [5.41, 5.74) is 3.47. The molecule has 1 fully saturated rings. The van der Waals surface area contributed by atoms with Crippen LogP contribution in [0.25, 0.3) is 0 Å². The van der Waals surface area contributed by atoms with Crippen LogP contribution in [-0.4, -0.2) is 46.3 Å². The van der Waals surface area contributed by atoms with Crippen molar-refractivity contribution in [2.75, 3.05) is 19.8 Å². The Morgan fingerprint density at radius 2 is 2.03 bits per heavy atom. The largest absolute Gasteiger partial charge is 0.494 e. The molecule has 1 aliphatic rings. The van der Waals surface area contributed by atoms with Crippen molar-refractivity contribution >= 4 is 11.7 Å². The molecule has 0 radical (unpaired) electrons. The second-order valence-electron chi connectivity index (χ2n) is 8.39. The van der Waals surface area contributed by atoms with Gasteiger partial charge in [0.2, 0.25) is 5.82 Å². The zero-order chi connectivity index (χ0) is 26.1. The summed E-state index contributed by atoms with van der Waals surface area (Å²) >= 11 is 0. The molecule has 1 aliphatic heterocycles. The Labute approximate surface area is 205 Å². The molecule has 3 rings (SSSR count). The van der Waals surface area contributed by atoms with Crippen LogP contribution in [0.2, 0.25) is 0 Å². The number of halogens is 1. The molecule has 2 atom stereocenters. The van der Waals surface area contributed by atoms with Crippen molar-refractivity contribution in [1.82, 2.24) is 9.55 Å². The number of aromatic nitrogens is 2. The Morgan fingerprint density at radius 3 is 2.78 bits per heavy atom. The SMILES string of the molecule is NCCCCCCOc1ccc([N+](=O)[O-])c(CC(=O)OCC2CCC(n3cc(F)c(=O)[nH]c3=O)O2)c1. The van der Waals surface area contributed by atoms with E-state index in [0.29, 0.717) is 31.7 Å². The topological polar surface area (TPSA) is 169 Å². The third kappa shape index (κ3) is 7.46. The maximum absolute atomic E-state index is 13.5. The lowest BCUT2D eigenvalue weighted by Gasteiger charge is -2.16. The van der Waals surface area contributed by atoms with E-state index in [1.165, 1.54) is 18.2 Å². The Morgan fingerprint density at radius 1 is 1.25 bits per heavy atom. The number of H-pyrrole nitrogens is 1. The van der Waals surface area contributed by atoms with Crippen molar-refractivity contribution in [2.45, 2.75) is 57.3 Å². The van der Waals surface area contributed by atoms with Gasteiger partial charge in [-0.05, 0) is 44.4 Å². The number of aromatic amines is 1. The van der Waals surface area contributed by atoms with Gasteiger partial charge in [0.1, 0.15) is 18.6 Å². The molecule has 196 valence electrons. The van der Waals surface area contributed by atoms with Gasteiger partial charge in [-0.15, -0.1) is 0 Å². The van der Waals surface area contributed by atoms with E-state index in [9.17, 15) is 28.9 Å². The van der Waals surface area contributed by atoms with Crippen LogP contribution in [-0.2, 0) is 20.7 Å². The van der Waals surface area contributed by atoms with Gasteiger partial charge in [0.05, 0.1) is 30.3 Å². The first-order valence-corrected chi connectivity index (χ1v) is 11.7. The van der Waals surface area contributed by atoms with Crippen LogP contribution in [0, 0.1) is 15.9 Å². The number of hydrogen-bond acceptors (Lipinski definition) is 9. The van der Waals surface area contributed by atoms with Crippen LogP contribution in [0.4, 0.5) is 10.1 Å². The number of nitrogens with one attached hydrogen (secondary N) is 1. The van der Waals surface area contributed by atoms with Crippen LogP contribution in [0.15, 0.2) is 34.0 Å². The molecule has 2 heterocycles. The van der Waals surface area contributed by atoms with Gasteiger partial charge in [0.15, 0.2) is 0 Å². The minimum Gasteiger partial charge on any atom is -0.494 e. The molecule has 3 N–H and O–H groups in total. The second-order valence-corrected chi connectivity index (χ2v) is 8.39. The number of unbranched alkanes of at least 4 members (excludes halogenated alkanes) is 3. The van der Waals surface area contributed by atoms with Crippen LogP contribution >= 0.6 is 0 Å². The van der Waals surface area contributed by atoms with E-state index < -0.39 is 40.3 Å². The zero-order valence-corrected chi connectivity index (χ0v) is 19.7. The van der Waals surface area contributed by atoms with Crippen molar-refractivity contribution in [2.24, 2.45) is 5.73 Å². The monoisotopic (exact) mass is 508 g/mol. The number of carbonyl (C=O) groups is 1. The second kappa shape index (κ2) is 12.9. The van der Waals surface area contributed by atoms with E-state index in [4.69, 9.17) is 19.9 Å². The summed E-state index contributed by atoms with van der Waals surface area (Å²) in [6.07, 6.45) is 3.52. The van der Waals surface area contributed by atoms with Crippen molar-refractivity contribution in [3.05, 3.63) is 66.7 Å². The third-order valence-electron chi connectivity index (χ3n) is 5.70. The van der Waals surface area contributed by atoms with Crippen molar-refractivity contribution in [3.63, 3.8) is 0 Å². The van der Waals surface area contributed by atoms with E-state index in [1.807, 2.05) is 4.98 Å². The summed E-state index contributed by atoms with van der Waals surface area (Å²) in [5, 5.41) is 11.4. The lowest BCUT2D eigenvalue weighted by molar-refractivity contribution is -0.385. The van der Waals surface area contributed by atoms with E-state index in [1.54, 1.807) is 0 Å². The molecule has 2 unspecified atom stereocenters. The maximum atomic E-state index is 13.5. The zero-order valence-electron chi connectivity index (χ0n) is 19.7. The molecule has 0 spiro atoms. The first kappa shape index (κ1) is 27.0. The van der Waals surface area contributed by atoms with Crippen LogP contribution in [0.5, 0.6) is 5.75 Å². The lowest BCUT2D eigenvalue weighted by Crippen LogP contribution is -2.34. The maximum Gasteiger partial charge on any atom is 0.330 e. The number of ether oxygens (including phenoxy) is 3. The molecule has 0 amide bonds. The predicted molar refractivity (Wildman–Crippen MR) is 125 cm³/mol. The highest BCUT2D eigenvalue weighted by Gasteiger charge is 2.29. The van der Waals surface area contributed by atoms with Gasteiger partial charge < -0.3 is 19.9 Å². The quantitative estimate of drug-likeness (QED) is 0.178. The van der Waals surface area contributed by atoms with Gasteiger partial charge in [-0.25, -0.2) is 4.79 Å². The lowest BCUT2D eigenvalue weighted by atomic mass is 10.1. The smallest absolute Gasteiger partial charge is 0.330 e. The molecule has 1 aromatic carbocycles. The number of nitro groups is 1. The number of nitrogens with two attached hydrogens (primary N) is 1. The van der Waals surface area contributed by atoms with E-state index in [-0.39, 0.29) is 24.3 Å². The van der Waals surface area contributed by atoms with Crippen LogP contribution in [0.1, 0.15) is 50.3 Å². The van der Waals surface area contributed by atoms with E-state index in [2.05, 4.69) is 0 Å². The fourth-order valence-corrected chi connectivity index (χ4v) is 3.84. The molecular formula is C23H29FN4O8. The van der Waals surface area contributed by atoms with Gasteiger partial charge in [0, 0.05) is 11.6 Å². The number of rotatable bonds is 13. The summed E-state index contributed by atoms with van der Waals surface area (Å²) in [6, 6.07) is 4.23. The number of benzene rings is 1. The van der Waals surface area contributed by atoms with Crippen LogP contribution < -0.4 is 21.7 Å². The molecule has 1 aromatic heterocycles. The number of esters is 1. The molecule has 36 heavy (non-hydrogen) atoms. The molecule has 0 aliphatic carbocycles. The first-order valence-electron chi connectivity index (χ1n) is 11.7. The highest BCUT2D eigenvalue weighted by atomic mass is 19.1. The Hall–Kier alpha value is -3.58. The highest BCUT2D eigenvalue weighted by molar-refractivity contribution is 5.74. The summed E-state index contributed by atoms with van der Waals surface area (Å²) in [6.45, 7) is 0.933. The summed E-state index contributed by atoms with van der Waals surface area (Å²) in [4.78, 5) is 48.2. The fourth-order valence-electron chi connectivity index (χ4n) is 3.84. The summed E-state index contributed by atoms with van der Waals surface area (Å²) < 4.78 is 31.0. The van der Waals surface area contributed by atoms with Crippen molar-refractivity contribution in [1.29, 1.82) is 0 Å². The molecule has 0 bridgehead atoms. The highest BCUT2D eigenvalue weighted by Crippen LogP contribution is 2.28. The molecule has 2 aromatic rings. The Kier molecular flexibility index (Phi) is 9.70. The third-order valence-corrected chi connectivity index (χ3v) is 5.70. The van der Waals surface area contributed by atoms with Crippen molar-refractivity contribution < 1.29 is 28.3 Å². The Bertz CT molecular complexity index is 1180. The molecule has 12 nitrogen and oxygen atoms in total. The first-order chi connectivity index (χ1) is 17.3. The average Bonchev–Trinajstić information content (AvgIpc) is 3.31. The van der Waals surface area contributed by atoms with E-state index in [0.717, 1.165) is 36.4 Å². The summed E-state index contributed by atoms with van der Waals surface area (Å²) in [7, 11) is 0. The standard InChI is InChI=1S/C23H29FN4O8/c24-18-13-27(23(31)26-22(18)30)20-8-6-17(36-20)14-35-21(29)12-15-11-16(5-7-19(15)28(32)33)34-10-4-2-1-3-9-25/h5,7,11,13,17,20H,1-4,6,8-10,12,14,25H2,(H,26,30,31). The molecular weight excluding hydrogens is 479 g/mol. The van der Waals surface area contributed by atoms with Gasteiger partial charge in [-0.2, -0.15) is 4.39 Å². The minimum absolute atomic E-state index is 0.150. The minimum atomic E-state index is -1.12. The number of nitrogens with zero attached hydrogens (tertiary/aromatic N) is 2. The van der Waals surface area contributed by atoms with Gasteiger partial charge >= 0.3 is 11.7 Å². The van der Waals surface area contributed by atoms with E-state index >= 15 is 0 Å². The number of hydrogen-bond donors (Lipinski definition) is 2. The van der Waals surface area contributed by atoms with Crippen LogP contribution in [0.3, 0.4) is 0 Å². The van der Waals surface area contributed by atoms with Gasteiger partial charge in [-0.1, -0.05) is 12.8 Å². The number of carbonyl (C=O) groups excluding carboxylic acids is 1. The molecule has 1 saturated heterocycles. The average molecular weight is 509 g/mol. The van der Waals surface area contributed by atoms with Gasteiger partial charge in [0.25, 0.3) is 11.2 Å². The summed E-state index contributed by atoms with van der Waals surface area (Å²) in [5.74, 6) is -1.40.